The Morgan fingerprint density at radius 1 is 1.35 bits per heavy atom. The molecule has 0 aliphatic carbocycles. The lowest BCUT2D eigenvalue weighted by atomic mass is 10.0. The lowest BCUT2D eigenvalue weighted by Crippen LogP contribution is -2.42. The third-order valence-electron chi connectivity index (χ3n) is 3.60. The summed E-state index contributed by atoms with van der Waals surface area (Å²) in [6.07, 6.45) is 2.31. The highest BCUT2D eigenvalue weighted by Gasteiger charge is 2.27. The normalized spacial score (nSPS) is 13.7. The van der Waals surface area contributed by atoms with Crippen LogP contribution in [0.2, 0.25) is 4.34 Å². The monoisotopic (exact) mass is 380 g/mol. The van der Waals surface area contributed by atoms with Gasteiger partial charge in [0.25, 0.3) is 0 Å². The van der Waals surface area contributed by atoms with E-state index in [9.17, 15) is 0 Å². The molecule has 1 heterocycles. The van der Waals surface area contributed by atoms with Gasteiger partial charge in [-0.25, -0.2) is 0 Å². The molecule has 20 heavy (non-hydrogen) atoms. The summed E-state index contributed by atoms with van der Waals surface area (Å²) < 4.78 is 1.79. The van der Waals surface area contributed by atoms with E-state index in [0.29, 0.717) is 18.5 Å². The molecule has 0 spiro atoms. The molecule has 2 N–H and O–H groups in total. The van der Waals surface area contributed by atoms with Gasteiger partial charge in [-0.1, -0.05) is 39.3 Å². The molecule has 1 atom stereocenters. The van der Waals surface area contributed by atoms with Crippen LogP contribution >= 0.6 is 38.9 Å². The number of hydrogen-bond donors (Lipinski definition) is 1. The standard InChI is InChI=1S/C15H26BrClN2S/c1-5-11(6-2)19(9-10(3)4)13(8-18)14-7-12(16)15(17)20-14/h7,10-11,13H,5-6,8-9,18H2,1-4H3. The number of nitrogens with two attached hydrogens (primary N) is 1. The van der Waals surface area contributed by atoms with Crippen molar-refractivity contribution in [3.8, 4) is 0 Å². The van der Waals surface area contributed by atoms with Crippen molar-refractivity contribution < 1.29 is 0 Å². The predicted octanol–water partition coefficient (Wildman–Crippen LogP) is 5.31. The summed E-state index contributed by atoms with van der Waals surface area (Å²) in [6, 6.07) is 2.96. The fourth-order valence-corrected chi connectivity index (χ4v) is 4.52. The molecule has 0 fully saturated rings. The Balaban J connectivity index is 3.06. The van der Waals surface area contributed by atoms with Crippen molar-refractivity contribution in [3.05, 3.63) is 19.8 Å². The number of nitrogens with zero attached hydrogens (tertiary/aromatic N) is 1. The Hall–Kier alpha value is 0.390. The van der Waals surface area contributed by atoms with Crippen LogP contribution in [0.1, 0.15) is 51.5 Å². The average Bonchev–Trinajstić information content (AvgIpc) is 2.71. The van der Waals surface area contributed by atoms with E-state index in [2.05, 4.69) is 54.6 Å². The highest BCUT2D eigenvalue weighted by molar-refractivity contribution is 9.10. The van der Waals surface area contributed by atoms with Crippen molar-refractivity contribution in [2.75, 3.05) is 13.1 Å². The van der Waals surface area contributed by atoms with E-state index in [0.717, 1.165) is 28.2 Å². The van der Waals surface area contributed by atoms with Gasteiger partial charge >= 0.3 is 0 Å². The summed E-state index contributed by atoms with van der Waals surface area (Å²) in [6.45, 7) is 10.7. The van der Waals surface area contributed by atoms with Gasteiger partial charge in [-0.15, -0.1) is 11.3 Å². The second-order valence-electron chi connectivity index (χ2n) is 5.58. The Morgan fingerprint density at radius 2 is 1.95 bits per heavy atom. The topological polar surface area (TPSA) is 29.3 Å². The van der Waals surface area contributed by atoms with Crippen LogP contribution in [0, 0.1) is 5.92 Å². The molecule has 2 nitrogen and oxygen atoms in total. The van der Waals surface area contributed by atoms with Crippen molar-refractivity contribution in [1.82, 2.24) is 4.90 Å². The van der Waals surface area contributed by atoms with Gasteiger partial charge in [0.15, 0.2) is 0 Å². The van der Waals surface area contributed by atoms with Crippen molar-refractivity contribution in [2.45, 2.75) is 52.6 Å². The first-order valence-corrected chi connectivity index (χ1v) is 9.33. The van der Waals surface area contributed by atoms with Crippen LogP contribution in [-0.4, -0.2) is 24.0 Å². The van der Waals surface area contributed by atoms with Crippen LogP contribution in [0.15, 0.2) is 10.5 Å². The summed E-state index contributed by atoms with van der Waals surface area (Å²) in [5.74, 6) is 0.628. The van der Waals surface area contributed by atoms with Gasteiger partial charge in [0.1, 0.15) is 4.34 Å². The van der Waals surface area contributed by atoms with Crippen molar-refractivity contribution in [1.29, 1.82) is 0 Å². The zero-order valence-corrected chi connectivity index (χ0v) is 16.0. The van der Waals surface area contributed by atoms with Crippen LogP contribution in [0.25, 0.3) is 0 Å². The number of rotatable bonds is 8. The third-order valence-corrected chi connectivity index (χ3v) is 6.18. The van der Waals surface area contributed by atoms with Gasteiger partial charge in [-0.05, 0) is 40.8 Å². The van der Waals surface area contributed by atoms with Gasteiger partial charge in [0.05, 0.1) is 6.04 Å². The first-order chi connectivity index (χ1) is 9.44. The van der Waals surface area contributed by atoms with Crippen LogP contribution in [0.5, 0.6) is 0 Å². The van der Waals surface area contributed by atoms with E-state index >= 15 is 0 Å². The fraction of sp³-hybridized carbons (Fsp3) is 0.733. The van der Waals surface area contributed by atoms with Gasteiger partial charge < -0.3 is 5.73 Å². The quantitative estimate of drug-likeness (QED) is 0.661. The Kier molecular flexibility index (Phi) is 8.06. The maximum atomic E-state index is 6.20. The first kappa shape index (κ1) is 18.4. The second kappa shape index (κ2) is 8.74. The molecule has 0 radical (unpaired) electrons. The summed E-state index contributed by atoms with van der Waals surface area (Å²) >= 11 is 11.3. The molecular formula is C15H26BrClN2S. The van der Waals surface area contributed by atoms with Crippen LogP contribution in [0.4, 0.5) is 0 Å². The van der Waals surface area contributed by atoms with Gasteiger partial charge in [0.2, 0.25) is 0 Å². The SMILES string of the molecule is CCC(CC)N(CC(C)C)C(CN)c1cc(Br)c(Cl)s1. The lowest BCUT2D eigenvalue weighted by molar-refractivity contribution is 0.114. The van der Waals surface area contributed by atoms with E-state index < -0.39 is 0 Å². The Labute approximate surface area is 140 Å². The summed E-state index contributed by atoms with van der Waals surface area (Å²) in [5, 5.41) is 0. The molecule has 1 rings (SSSR count). The van der Waals surface area contributed by atoms with E-state index in [1.54, 1.807) is 11.3 Å². The molecule has 0 bridgehead atoms. The zero-order chi connectivity index (χ0) is 15.3. The van der Waals surface area contributed by atoms with Crippen molar-refractivity contribution in [3.63, 3.8) is 0 Å². The molecule has 1 aromatic rings. The van der Waals surface area contributed by atoms with Gasteiger partial charge in [0, 0.05) is 28.5 Å². The van der Waals surface area contributed by atoms with E-state index in [4.69, 9.17) is 17.3 Å². The largest absolute Gasteiger partial charge is 0.329 e. The maximum Gasteiger partial charge on any atom is 0.107 e. The molecule has 0 aliphatic heterocycles. The summed E-state index contributed by atoms with van der Waals surface area (Å²) in [5.41, 5.74) is 6.09. The smallest absolute Gasteiger partial charge is 0.107 e. The van der Waals surface area contributed by atoms with E-state index in [1.165, 1.54) is 4.88 Å². The molecule has 1 aromatic heterocycles. The molecule has 0 aliphatic rings. The van der Waals surface area contributed by atoms with E-state index in [1.807, 2.05) is 0 Å². The number of halogens is 2. The Bertz CT molecular complexity index is 385. The van der Waals surface area contributed by atoms with Crippen molar-refractivity contribution in [2.24, 2.45) is 11.7 Å². The van der Waals surface area contributed by atoms with Crippen LogP contribution in [-0.2, 0) is 0 Å². The average molecular weight is 382 g/mol. The van der Waals surface area contributed by atoms with Crippen LogP contribution < -0.4 is 5.73 Å². The molecule has 0 aromatic carbocycles. The van der Waals surface area contributed by atoms with Crippen molar-refractivity contribution >= 4 is 38.9 Å². The first-order valence-electron chi connectivity index (χ1n) is 7.35. The molecule has 116 valence electrons. The third kappa shape index (κ3) is 4.70. The fourth-order valence-electron chi connectivity index (χ4n) is 2.65. The minimum absolute atomic E-state index is 0.260. The minimum Gasteiger partial charge on any atom is -0.329 e. The Morgan fingerprint density at radius 3 is 2.30 bits per heavy atom. The number of hydrogen-bond acceptors (Lipinski definition) is 3. The lowest BCUT2D eigenvalue weighted by Gasteiger charge is -2.37. The van der Waals surface area contributed by atoms with Crippen LogP contribution in [0.3, 0.4) is 0 Å². The minimum atomic E-state index is 0.260. The second-order valence-corrected chi connectivity index (χ2v) is 8.12. The van der Waals surface area contributed by atoms with Gasteiger partial charge in [-0.3, -0.25) is 4.90 Å². The van der Waals surface area contributed by atoms with E-state index in [-0.39, 0.29) is 6.04 Å². The molecule has 0 amide bonds. The zero-order valence-electron chi connectivity index (χ0n) is 12.8. The highest BCUT2D eigenvalue weighted by atomic mass is 79.9. The number of thiophene rings is 1. The van der Waals surface area contributed by atoms with Gasteiger partial charge in [-0.2, -0.15) is 0 Å². The summed E-state index contributed by atoms with van der Waals surface area (Å²) in [7, 11) is 0. The molecule has 0 saturated heterocycles. The molecule has 1 unspecified atom stereocenters. The molecule has 0 saturated carbocycles. The predicted molar refractivity (Wildman–Crippen MR) is 94.7 cm³/mol. The maximum absolute atomic E-state index is 6.20. The molecular weight excluding hydrogens is 356 g/mol. The highest BCUT2D eigenvalue weighted by Crippen LogP contribution is 2.38. The molecule has 5 heteroatoms. The summed E-state index contributed by atoms with van der Waals surface area (Å²) in [4.78, 5) is 3.83.